The van der Waals surface area contributed by atoms with Crippen LogP contribution >= 0.6 is 0 Å². The number of hydrogen-bond donors (Lipinski definition) is 1. The Kier molecular flexibility index (Phi) is 2.45. The third kappa shape index (κ3) is 1.51. The molecule has 4 rings (SSSR count). The summed E-state index contributed by atoms with van der Waals surface area (Å²) in [5, 5.41) is 11.3. The van der Waals surface area contributed by atoms with Crippen LogP contribution in [0.3, 0.4) is 0 Å². The maximum atomic E-state index is 11.8. The Labute approximate surface area is 126 Å². The summed E-state index contributed by atoms with van der Waals surface area (Å²) in [5.41, 5.74) is 1.04. The third-order valence-corrected chi connectivity index (χ3v) is 4.50. The van der Waals surface area contributed by atoms with Crippen molar-refractivity contribution in [2.75, 3.05) is 7.11 Å². The molecule has 5 heteroatoms. The zero-order valence-corrected chi connectivity index (χ0v) is 12.6. The summed E-state index contributed by atoms with van der Waals surface area (Å²) < 4.78 is 17.2. The summed E-state index contributed by atoms with van der Waals surface area (Å²) in [6.07, 6.45) is 1.23. The van der Waals surface area contributed by atoms with Crippen molar-refractivity contribution < 1.29 is 23.5 Å². The van der Waals surface area contributed by atoms with Gasteiger partial charge in [0.15, 0.2) is 11.3 Å². The summed E-state index contributed by atoms with van der Waals surface area (Å²) >= 11 is 0. The monoisotopic (exact) mass is 300 g/mol. The van der Waals surface area contributed by atoms with E-state index in [1.807, 2.05) is 26.0 Å². The normalized spacial score (nSPS) is 16.3. The van der Waals surface area contributed by atoms with Crippen molar-refractivity contribution in [3.63, 3.8) is 0 Å². The number of aliphatic carboxylic acids is 1. The molecule has 2 heterocycles. The standard InChI is InChI=1S/C17H16O5/c1-8-6-10-12(17(4-5-17)16(18)19)13-11(7-9(2)21-13)14(20-3)15(10)22-8/h6-7H,4-5H2,1-3H3,(H,18,19). The molecule has 0 atom stereocenters. The first-order valence-corrected chi connectivity index (χ1v) is 7.22. The zero-order valence-electron chi connectivity index (χ0n) is 12.6. The predicted octanol–water partition coefficient (Wildman–Crippen LogP) is 3.92. The molecule has 0 aliphatic heterocycles. The number of carbonyl (C=O) groups is 1. The molecule has 0 bridgehead atoms. The summed E-state index contributed by atoms with van der Waals surface area (Å²) in [4.78, 5) is 11.8. The summed E-state index contributed by atoms with van der Waals surface area (Å²) in [7, 11) is 1.58. The molecule has 1 fully saturated rings. The highest BCUT2D eigenvalue weighted by atomic mass is 16.5. The third-order valence-electron chi connectivity index (χ3n) is 4.50. The van der Waals surface area contributed by atoms with Gasteiger partial charge < -0.3 is 18.7 Å². The maximum Gasteiger partial charge on any atom is 0.314 e. The van der Waals surface area contributed by atoms with Gasteiger partial charge in [0.05, 0.1) is 17.9 Å². The molecule has 2 aromatic heterocycles. The lowest BCUT2D eigenvalue weighted by Crippen LogP contribution is -2.20. The van der Waals surface area contributed by atoms with Gasteiger partial charge in [0, 0.05) is 10.9 Å². The second-order valence-electron chi connectivity index (χ2n) is 6.00. The van der Waals surface area contributed by atoms with Crippen molar-refractivity contribution in [3.05, 3.63) is 29.2 Å². The summed E-state index contributed by atoms with van der Waals surface area (Å²) in [6.45, 7) is 3.69. The van der Waals surface area contributed by atoms with E-state index in [1.54, 1.807) is 7.11 Å². The minimum Gasteiger partial charge on any atom is -0.492 e. The van der Waals surface area contributed by atoms with Crippen LogP contribution in [0.15, 0.2) is 21.0 Å². The minimum atomic E-state index is -0.872. The number of carboxylic acid groups (broad SMARTS) is 1. The Hall–Kier alpha value is -2.43. The smallest absolute Gasteiger partial charge is 0.314 e. The molecule has 5 nitrogen and oxygen atoms in total. The average Bonchev–Trinajstić information content (AvgIpc) is 3.04. The van der Waals surface area contributed by atoms with Gasteiger partial charge in [-0.2, -0.15) is 0 Å². The van der Waals surface area contributed by atoms with E-state index < -0.39 is 11.4 Å². The second-order valence-corrected chi connectivity index (χ2v) is 6.00. The molecule has 1 aromatic carbocycles. The Morgan fingerprint density at radius 3 is 2.27 bits per heavy atom. The van der Waals surface area contributed by atoms with Crippen LogP contribution in [-0.4, -0.2) is 18.2 Å². The molecular weight excluding hydrogens is 284 g/mol. The fourth-order valence-corrected chi connectivity index (χ4v) is 3.36. The highest BCUT2D eigenvalue weighted by Gasteiger charge is 2.54. The fourth-order valence-electron chi connectivity index (χ4n) is 3.36. The highest BCUT2D eigenvalue weighted by molar-refractivity contribution is 6.09. The molecule has 0 radical (unpaired) electrons. The topological polar surface area (TPSA) is 72.8 Å². The first kappa shape index (κ1) is 13.2. The molecule has 1 aliphatic carbocycles. The first-order chi connectivity index (χ1) is 10.5. The van der Waals surface area contributed by atoms with Crippen molar-refractivity contribution in [1.29, 1.82) is 0 Å². The van der Waals surface area contributed by atoms with Crippen LogP contribution in [0.5, 0.6) is 5.75 Å². The van der Waals surface area contributed by atoms with E-state index in [0.717, 1.165) is 27.9 Å². The van der Waals surface area contributed by atoms with E-state index in [0.29, 0.717) is 29.8 Å². The van der Waals surface area contributed by atoms with Crippen molar-refractivity contribution in [1.82, 2.24) is 0 Å². The number of furan rings is 2. The van der Waals surface area contributed by atoms with E-state index in [-0.39, 0.29) is 0 Å². The van der Waals surface area contributed by atoms with Gasteiger partial charge in [-0.05, 0) is 38.8 Å². The van der Waals surface area contributed by atoms with Crippen LogP contribution in [0.2, 0.25) is 0 Å². The number of benzene rings is 1. The molecule has 1 saturated carbocycles. The van der Waals surface area contributed by atoms with Crippen LogP contribution in [0, 0.1) is 13.8 Å². The average molecular weight is 300 g/mol. The van der Waals surface area contributed by atoms with Crippen LogP contribution < -0.4 is 4.74 Å². The first-order valence-electron chi connectivity index (χ1n) is 7.22. The van der Waals surface area contributed by atoms with Gasteiger partial charge in [0.2, 0.25) is 0 Å². The molecule has 114 valence electrons. The van der Waals surface area contributed by atoms with E-state index in [9.17, 15) is 9.90 Å². The Bertz CT molecular complexity index is 866. The quantitative estimate of drug-likeness (QED) is 0.793. The van der Waals surface area contributed by atoms with Crippen LogP contribution in [-0.2, 0) is 10.2 Å². The van der Waals surface area contributed by atoms with E-state index >= 15 is 0 Å². The van der Waals surface area contributed by atoms with Crippen LogP contribution in [0.25, 0.3) is 21.9 Å². The lowest BCUT2D eigenvalue weighted by molar-refractivity contribution is -0.139. The van der Waals surface area contributed by atoms with Crippen LogP contribution in [0.4, 0.5) is 0 Å². The number of fused-ring (bicyclic) bond motifs is 2. The predicted molar refractivity (Wildman–Crippen MR) is 80.6 cm³/mol. The van der Waals surface area contributed by atoms with Crippen molar-refractivity contribution in [2.24, 2.45) is 0 Å². The molecular formula is C17H16O5. The molecule has 1 aliphatic rings. The van der Waals surface area contributed by atoms with Gasteiger partial charge in [0.25, 0.3) is 0 Å². The minimum absolute atomic E-state index is 0.593. The van der Waals surface area contributed by atoms with E-state index in [4.69, 9.17) is 13.6 Å². The number of methoxy groups -OCH3 is 1. The van der Waals surface area contributed by atoms with Crippen molar-refractivity contribution in [3.8, 4) is 5.75 Å². The van der Waals surface area contributed by atoms with Gasteiger partial charge in [0.1, 0.15) is 17.1 Å². The second kappa shape index (κ2) is 4.06. The number of rotatable bonds is 3. The Morgan fingerprint density at radius 2 is 1.73 bits per heavy atom. The van der Waals surface area contributed by atoms with Gasteiger partial charge in [-0.15, -0.1) is 0 Å². The Balaban J connectivity index is 2.23. The van der Waals surface area contributed by atoms with Gasteiger partial charge >= 0.3 is 5.97 Å². The summed E-state index contributed by atoms with van der Waals surface area (Å²) in [6, 6.07) is 3.74. The van der Waals surface area contributed by atoms with Gasteiger partial charge in [-0.3, -0.25) is 4.79 Å². The molecule has 3 aromatic rings. The van der Waals surface area contributed by atoms with Crippen molar-refractivity contribution in [2.45, 2.75) is 32.1 Å². The molecule has 0 amide bonds. The Morgan fingerprint density at radius 1 is 1.14 bits per heavy atom. The molecule has 0 spiro atoms. The zero-order chi connectivity index (χ0) is 15.6. The number of aryl methyl sites for hydroxylation is 2. The number of carboxylic acids is 1. The lowest BCUT2D eigenvalue weighted by atomic mass is 9.91. The lowest BCUT2D eigenvalue weighted by Gasteiger charge is -2.14. The van der Waals surface area contributed by atoms with Crippen molar-refractivity contribution >= 4 is 27.9 Å². The summed E-state index contributed by atoms with van der Waals surface area (Å²) in [5.74, 6) is 1.23. The van der Waals surface area contributed by atoms with E-state index in [2.05, 4.69) is 0 Å². The molecule has 0 unspecified atom stereocenters. The fraction of sp³-hybridized carbons (Fsp3) is 0.353. The largest absolute Gasteiger partial charge is 0.492 e. The molecule has 0 saturated heterocycles. The SMILES string of the molecule is COc1c2cc(C)oc2c(C2(C(=O)O)CC2)c2cc(C)oc12. The van der Waals surface area contributed by atoms with Crippen LogP contribution in [0.1, 0.15) is 29.9 Å². The van der Waals surface area contributed by atoms with E-state index in [1.165, 1.54) is 0 Å². The molecule has 22 heavy (non-hydrogen) atoms. The number of ether oxygens (including phenoxy) is 1. The maximum absolute atomic E-state index is 11.8. The highest BCUT2D eigenvalue weighted by Crippen LogP contribution is 2.55. The van der Waals surface area contributed by atoms with Gasteiger partial charge in [-0.25, -0.2) is 0 Å². The molecule has 1 N–H and O–H groups in total. The number of hydrogen-bond acceptors (Lipinski definition) is 4. The van der Waals surface area contributed by atoms with Gasteiger partial charge in [-0.1, -0.05) is 0 Å².